The molecule has 0 bridgehead atoms. The first kappa shape index (κ1) is 16.9. The predicted octanol–water partition coefficient (Wildman–Crippen LogP) is 1.98. The van der Waals surface area contributed by atoms with Crippen LogP contribution < -0.4 is 21.9 Å². The van der Waals surface area contributed by atoms with Gasteiger partial charge in [-0.1, -0.05) is 24.3 Å². The van der Waals surface area contributed by atoms with E-state index in [-0.39, 0.29) is 11.3 Å². The standard InChI is InChI=1S/C18H15N5O3/c19-18(26)21-13-6-4-5-12(11-13)20-17(25)15-9-10-16(24)23(22-15)14-7-2-1-3-8-14/h1-11H,(H,20,25)(H3,19,21,26). The van der Waals surface area contributed by atoms with E-state index in [1.807, 2.05) is 6.07 Å². The Bertz CT molecular complexity index is 1010. The highest BCUT2D eigenvalue weighted by molar-refractivity contribution is 6.03. The van der Waals surface area contributed by atoms with Crippen LogP contribution in [-0.2, 0) is 0 Å². The number of para-hydroxylation sites is 1. The molecule has 1 heterocycles. The molecular weight excluding hydrogens is 334 g/mol. The summed E-state index contributed by atoms with van der Waals surface area (Å²) in [5, 5.41) is 9.20. The van der Waals surface area contributed by atoms with Crippen LogP contribution in [0.15, 0.2) is 71.5 Å². The molecule has 1 aromatic heterocycles. The molecular formula is C18H15N5O3. The molecule has 0 unspecified atom stereocenters. The van der Waals surface area contributed by atoms with E-state index in [1.54, 1.807) is 48.5 Å². The van der Waals surface area contributed by atoms with Crippen molar-refractivity contribution in [3.63, 3.8) is 0 Å². The number of nitrogens with one attached hydrogen (secondary N) is 2. The van der Waals surface area contributed by atoms with Crippen molar-refractivity contribution in [2.75, 3.05) is 10.6 Å². The maximum absolute atomic E-state index is 12.4. The van der Waals surface area contributed by atoms with Crippen LogP contribution in [0, 0.1) is 0 Å². The van der Waals surface area contributed by atoms with Crippen molar-refractivity contribution < 1.29 is 9.59 Å². The van der Waals surface area contributed by atoms with Crippen LogP contribution in [0.25, 0.3) is 5.69 Å². The van der Waals surface area contributed by atoms with Gasteiger partial charge in [-0.3, -0.25) is 9.59 Å². The first-order valence-electron chi connectivity index (χ1n) is 7.66. The summed E-state index contributed by atoms with van der Waals surface area (Å²) in [5.74, 6) is -0.495. The van der Waals surface area contributed by atoms with Gasteiger partial charge in [-0.15, -0.1) is 0 Å². The van der Waals surface area contributed by atoms with Gasteiger partial charge in [-0.05, 0) is 36.4 Å². The SMILES string of the molecule is NC(=O)Nc1cccc(NC(=O)c2ccc(=O)n(-c3ccccc3)n2)c1. The number of aromatic nitrogens is 2. The Morgan fingerprint density at radius 2 is 1.58 bits per heavy atom. The van der Waals surface area contributed by atoms with Crippen LogP contribution in [0.3, 0.4) is 0 Å². The van der Waals surface area contributed by atoms with Gasteiger partial charge in [-0.25, -0.2) is 4.79 Å². The Labute approximate surface area is 148 Å². The van der Waals surface area contributed by atoms with Crippen LogP contribution in [0.5, 0.6) is 0 Å². The zero-order chi connectivity index (χ0) is 18.5. The number of amides is 3. The number of nitrogens with two attached hydrogens (primary N) is 1. The van der Waals surface area contributed by atoms with Crippen molar-refractivity contribution in [3.8, 4) is 5.69 Å². The molecule has 2 aromatic carbocycles. The lowest BCUT2D eigenvalue weighted by Gasteiger charge is -2.09. The smallest absolute Gasteiger partial charge is 0.316 e. The van der Waals surface area contributed by atoms with E-state index in [9.17, 15) is 14.4 Å². The fraction of sp³-hybridized carbons (Fsp3) is 0. The molecule has 3 rings (SSSR count). The number of anilines is 2. The fourth-order valence-electron chi connectivity index (χ4n) is 2.30. The van der Waals surface area contributed by atoms with Crippen molar-refractivity contribution >= 4 is 23.3 Å². The number of urea groups is 1. The number of hydrogen-bond acceptors (Lipinski definition) is 4. The van der Waals surface area contributed by atoms with Gasteiger partial charge in [0.1, 0.15) is 5.69 Å². The molecule has 0 fully saturated rings. The number of nitrogens with zero attached hydrogens (tertiary/aromatic N) is 2. The Hall–Kier alpha value is -3.94. The van der Waals surface area contributed by atoms with Gasteiger partial charge in [0.15, 0.2) is 0 Å². The van der Waals surface area contributed by atoms with E-state index in [0.717, 1.165) is 4.68 Å². The summed E-state index contributed by atoms with van der Waals surface area (Å²) < 4.78 is 1.15. The molecule has 8 heteroatoms. The fourth-order valence-corrected chi connectivity index (χ4v) is 2.30. The predicted molar refractivity (Wildman–Crippen MR) is 97.4 cm³/mol. The van der Waals surface area contributed by atoms with Gasteiger partial charge in [-0.2, -0.15) is 9.78 Å². The minimum Gasteiger partial charge on any atom is -0.351 e. The summed E-state index contributed by atoms with van der Waals surface area (Å²) >= 11 is 0. The largest absolute Gasteiger partial charge is 0.351 e. The van der Waals surface area contributed by atoms with Gasteiger partial charge in [0, 0.05) is 17.4 Å². The molecule has 130 valence electrons. The van der Waals surface area contributed by atoms with Crippen LogP contribution in [0.2, 0.25) is 0 Å². The van der Waals surface area contributed by atoms with Gasteiger partial charge in [0.05, 0.1) is 5.69 Å². The second-order valence-corrected chi connectivity index (χ2v) is 5.33. The van der Waals surface area contributed by atoms with E-state index >= 15 is 0 Å². The highest BCUT2D eigenvalue weighted by atomic mass is 16.2. The summed E-state index contributed by atoms with van der Waals surface area (Å²) in [4.78, 5) is 35.4. The number of carbonyl (C=O) groups excluding carboxylic acids is 2. The quantitative estimate of drug-likeness (QED) is 0.667. The summed E-state index contributed by atoms with van der Waals surface area (Å²) in [6.45, 7) is 0. The summed E-state index contributed by atoms with van der Waals surface area (Å²) in [5.41, 5.74) is 6.24. The number of hydrogen-bond donors (Lipinski definition) is 3. The zero-order valence-corrected chi connectivity index (χ0v) is 13.5. The molecule has 0 atom stereocenters. The van der Waals surface area contributed by atoms with Crippen molar-refractivity contribution in [2.24, 2.45) is 5.73 Å². The van der Waals surface area contributed by atoms with Crippen LogP contribution >= 0.6 is 0 Å². The Morgan fingerprint density at radius 3 is 2.27 bits per heavy atom. The van der Waals surface area contributed by atoms with Gasteiger partial charge >= 0.3 is 6.03 Å². The van der Waals surface area contributed by atoms with Gasteiger partial charge < -0.3 is 16.4 Å². The molecule has 0 spiro atoms. The molecule has 0 aliphatic rings. The molecule has 0 radical (unpaired) electrons. The third kappa shape index (κ3) is 3.93. The lowest BCUT2D eigenvalue weighted by molar-refractivity contribution is 0.102. The first-order chi connectivity index (χ1) is 12.5. The normalized spacial score (nSPS) is 10.2. The van der Waals surface area contributed by atoms with E-state index < -0.39 is 11.9 Å². The van der Waals surface area contributed by atoms with Gasteiger partial charge in [0.2, 0.25) is 0 Å². The topological polar surface area (TPSA) is 119 Å². The molecule has 0 saturated carbocycles. The van der Waals surface area contributed by atoms with E-state index in [4.69, 9.17) is 5.73 Å². The van der Waals surface area contributed by atoms with Crippen LogP contribution in [-0.4, -0.2) is 21.7 Å². The Balaban J connectivity index is 1.85. The number of rotatable bonds is 4. The number of carbonyl (C=O) groups is 2. The maximum atomic E-state index is 12.4. The Morgan fingerprint density at radius 1 is 0.885 bits per heavy atom. The minimum absolute atomic E-state index is 0.0710. The summed E-state index contributed by atoms with van der Waals surface area (Å²) in [6, 6.07) is 17.2. The lowest BCUT2D eigenvalue weighted by atomic mass is 10.2. The third-order valence-electron chi connectivity index (χ3n) is 3.42. The lowest BCUT2D eigenvalue weighted by Crippen LogP contribution is -2.25. The molecule has 3 amide bonds. The van der Waals surface area contributed by atoms with Gasteiger partial charge in [0.25, 0.3) is 11.5 Å². The summed E-state index contributed by atoms with van der Waals surface area (Å²) in [7, 11) is 0. The average molecular weight is 349 g/mol. The van der Waals surface area contributed by atoms with E-state index in [2.05, 4.69) is 15.7 Å². The molecule has 0 aliphatic carbocycles. The molecule has 8 nitrogen and oxygen atoms in total. The van der Waals surface area contributed by atoms with E-state index in [1.165, 1.54) is 12.1 Å². The van der Waals surface area contributed by atoms with Crippen molar-refractivity contribution in [2.45, 2.75) is 0 Å². The summed E-state index contributed by atoms with van der Waals surface area (Å²) in [6.07, 6.45) is 0. The van der Waals surface area contributed by atoms with Crippen LogP contribution in [0.4, 0.5) is 16.2 Å². The molecule has 3 aromatic rings. The number of benzene rings is 2. The molecule has 26 heavy (non-hydrogen) atoms. The zero-order valence-electron chi connectivity index (χ0n) is 13.5. The minimum atomic E-state index is -0.704. The molecule has 0 aliphatic heterocycles. The first-order valence-corrected chi connectivity index (χ1v) is 7.66. The monoisotopic (exact) mass is 349 g/mol. The van der Waals surface area contributed by atoms with Crippen LogP contribution in [0.1, 0.15) is 10.5 Å². The van der Waals surface area contributed by atoms with Crippen molar-refractivity contribution in [1.82, 2.24) is 9.78 Å². The maximum Gasteiger partial charge on any atom is 0.316 e. The Kier molecular flexibility index (Phi) is 4.75. The highest BCUT2D eigenvalue weighted by Gasteiger charge is 2.11. The van der Waals surface area contributed by atoms with Crippen molar-refractivity contribution in [1.29, 1.82) is 0 Å². The third-order valence-corrected chi connectivity index (χ3v) is 3.42. The second-order valence-electron chi connectivity index (χ2n) is 5.33. The van der Waals surface area contributed by atoms with E-state index in [0.29, 0.717) is 17.1 Å². The second kappa shape index (κ2) is 7.31. The van der Waals surface area contributed by atoms with Crippen molar-refractivity contribution in [3.05, 3.63) is 82.8 Å². The molecule has 4 N–H and O–H groups in total. The average Bonchev–Trinajstić information content (AvgIpc) is 2.62. The molecule has 0 saturated heterocycles. The highest BCUT2D eigenvalue weighted by Crippen LogP contribution is 2.15. The number of primary amides is 1.